The van der Waals surface area contributed by atoms with Crippen molar-refractivity contribution in [1.29, 1.82) is 0 Å². The largest absolute Gasteiger partial charge is 0.501 e. The number of nitrogens with zero attached hydrogens (tertiary/aromatic N) is 2. The molecule has 0 spiro atoms. The lowest BCUT2D eigenvalue weighted by atomic mass is 9.87. The first-order chi connectivity index (χ1) is 19.3. The number of nitrogens with one attached hydrogen (secondary N) is 2. The number of aryl methyl sites for hydroxylation is 1. The zero-order chi connectivity index (χ0) is 29.7. The van der Waals surface area contributed by atoms with Gasteiger partial charge < -0.3 is 15.4 Å². The zero-order valence-electron chi connectivity index (χ0n) is 21.6. The highest BCUT2D eigenvalue weighted by atomic mass is 32.2. The van der Waals surface area contributed by atoms with Gasteiger partial charge in [-0.05, 0) is 42.5 Å². The van der Waals surface area contributed by atoms with Crippen LogP contribution in [0.15, 0.2) is 65.8 Å². The minimum atomic E-state index is -5.61. The van der Waals surface area contributed by atoms with Crippen molar-refractivity contribution >= 4 is 27.3 Å². The fraction of sp³-hybridized carbons (Fsp3) is 0.296. The van der Waals surface area contributed by atoms with Crippen LogP contribution < -0.4 is 15.4 Å². The second-order valence-corrected chi connectivity index (χ2v) is 11.8. The third-order valence-electron chi connectivity index (χ3n) is 7.33. The van der Waals surface area contributed by atoms with E-state index in [0.717, 1.165) is 24.3 Å². The predicted octanol–water partition coefficient (Wildman–Crippen LogP) is 4.09. The number of aromatic nitrogens is 2. The topological polar surface area (TPSA) is 119 Å². The molecule has 0 aliphatic heterocycles. The Bertz CT molecular complexity index is 1670. The van der Waals surface area contributed by atoms with Crippen LogP contribution in [0, 0.1) is 23.6 Å². The number of sulfone groups is 1. The SMILES string of the molecule is COc1cc(F)c(-c2cnn(C)c2)cc1C(=O)N[C@H]1[C@@H](C(=O)Nc2cccc(S(=O)(=O)C(F)(F)F)c2)[C@@H]2C=C[C@H]1C2. The number of allylic oxidation sites excluding steroid dienone is 1. The zero-order valence-corrected chi connectivity index (χ0v) is 22.5. The van der Waals surface area contributed by atoms with Crippen LogP contribution in [0.5, 0.6) is 5.75 Å². The maximum atomic E-state index is 14.8. The van der Waals surface area contributed by atoms with Crippen LogP contribution in [0.1, 0.15) is 16.8 Å². The van der Waals surface area contributed by atoms with Crippen LogP contribution in [0.4, 0.5) is 23.2 Å². The molecule has 0 radical (unpaired) electrons. The monoisotopic (exact) mass is 592 g/mol. The average molecular weight is 593 g/mol. The quantitative estimate of drug-likeness (QED) is 0.315. The van der Waals surface area contributed by atoms with Crippen molar-refractivity contribution in [2.75, 3.05) is 12.4 Å². The van der Waals surface area contributed by atoms with Gasteiger partial charge in [0, 0.05) is 42.2 Å². The summed E-state index contributed by atoms with van der Waals surface area (Å²) in [5.41, 5.74) is -5.04. The highest BCUT2D eigenvalue weighted by molar-refractivity contribution is 7.92. The molecule has 0 unspecified atom stereocenters. The van der Waals surface area contributed by atoms with Crippen molar-refractivity contribution in [3.05, 3.63) is 72.3 Å². The molecule has 2 aliphatic carbocycles. The molecule has 1 heterocycles. The number of methoxy groups -OCH3 is 1. The van der Waals surface area contributed by atoms with E-state index in [-0.39, 0.29) is 34.4 Å². The van der Waals surface area contributed by atoms with Crippen LogP contribution in [0.25, 0.3) is 11.1 Å². The van der Waals surface area contributed by atoms with Gasteiger partial charge >= 0.3 is 5.51 Å². The summed E-state index contributed by atoms with van der Waals surface area (Å²) in [5.74, 6) is -3.14. The first-order valence-corrected chi connectivity index (χ1v) is 13.9. The van der Waals surface area contributed by atoms with Crippen molar-refractivity contribution < 1.29 is 40.3 Å². The molecule has 2 amide bonds. The van der Waals surface area contributed by atoms with Crippen molar-refractivity contribution in [1.82, 2.24) is 15.1 Å². The number of carbonyl (C=O) groups is 2. The number of rotatable bonds is 7. The van der Waals surface area contributed by atoms with E-state index in [1.54, 1.807) is 13.2 Å². The molecule has 1 aromatic heterocycles. The second kappa shape index (κ2) is 10.3. The first-order valence-electron chi connectivity index (χ1n) is 12.4. The summed E-state index contributed by atoms with van der Waals surface area (Å²) in [6.07, 6.45) is 7.29. The molecule has 3 aromatic rings. The van der Waals surface area contributed by atoms with Gasteiger partial charge in [0.05, 0.1) is 29.7 Å². The summed E-state index contributed by atoms with van der Waals surface area (Å²) in [4.78, 5) is 25.8. The number of carbonyl (C=O) groups excluding carboxylic acids is 2. The number of benzene rings is 2. The summed E-state index contributed by atoms with van der Waals surface area (Å²) in [7, 11) is -2.66. The lowest BCUT2D eigenvalue weighted by molar-refractivity contribution is -0.121. The Hall–Kier alpha value is -4.20. The molecule has 4 atom stereocenters. The van der Waals surface area contributed by atoms with Gasteiger partial charge in [0.1, 0.15) is 11.6 Å². The fourth-order valence-electron chi connectivity index (χ4n) is 5.39. The Morgan fingerprint density at radius 1 is 1.12 bits per heavy atom. The second-order valence-electron chi connectivity index (χ2n) is 9.87. The number of alkyl halides is 3. The molecule has 2 aliphatic rings. The number of amides is 2. The molecule has 9 nitrogen and oxygen atoms in total. The summed E-state index contributed by atoms with van der Waals surface area (Å²) in [5, 5.41) is 9.39. The number of hydrogen-bond donors (Lipinski definition) is 2. The Labute approximate surface area is 232 Å². The minimum Gasteiger partial charge on any atom is -0.496 e. The molecule has 2 bridgehead atoms. The van der Waals surface area contributed by atoms with Crippen LogP contribution in [0.3, 0.4) is 0 Å². The molecule has 14 heteroatoms. The molecule has 5 rings (SSSR count). The molecule has 2 N–H and O–H groups in total. The van der Waals surface area contributed by atoms with E-state index in [1.165, 1.54) is 30.1 Å². The number of anilines is 1. The van der Waals surface area contributed by atoms with Gasteiger partial charge in [0.2, 0.25) is 5.91 Å². The van der Waals surface area contributed by atoms with E-state index >= 15 is 0 Å². The van der Waals surface area contributed by atoms with Crippen LogP contribution in [0.2, 0.25) is 0 Å². The standard InChI is InChI=1S/C27H24F4N4O5S/c1-35-13-16(12-32-35)19-10-20(22(40-2)11-21(19)28)25(36)34-24-15-7-6-14(8-15)23(24)26(37)33-17-4-3-5-18(9-17)41(38,39)27(29,30)31/h3-7,9-15,23-24H,8H2,1-2H3,(H,33,37)(H,34,36)/t14-,15+,23+,24-/m1/s1. The van der Waals surface area contributed by atoms with Crippen LogP contribution in [-0.4, -0.2) is 48.7 Å². The lowest BCUT2D eigenvalue weighted by Gasteiger charge is -2.28. The minimum absolute atomic E-state index is 0.0185. The molecular formula is C27H24F4N4O5S. The van der Waals surface area contributed by atoms with E-state index < -0.39 is 49.8 Å². The maximum Gasteiger partial charge on any atom is 0.501 e. The van der Waals surface area contributed by atoms with E-state index in [9.17, 15) is 35.6 Å². The van der Waals surface area contributed by atoms with Crippen molar-refractivity contribution in [3.8, 4) is 16.9 Å². The fourth-order valence-corrected chi connectivity index (χ4v) is 6.20. The van der Waals surface area contributed by atoms with Crippen LogP contribution >= 0.6 is 0 Å². The van der Waals surface area contributed by atoms with E-state index in [0.29, 0.717) is 12.0 Å². The smallest absolute Gasteiger partial charge is 0.496 e. The third-order valence-corrected chi connectivity index (χ3v) is 8.81. The highest BCUT2D eigenvalue weighted by Crippen LogP contribution is 2.45. The summed E-state index contributed by atoms with van der Waals surface area (Å²) < 4.78 is 84.2. The molecule has 2 aromatic carbocycles. The Morgan fingerprint density at radius 2 is 1.85 bits per heavy atom. The number of hydrogen-bond acceptors (Lipinski definition) is 6. The maximum absolute atomic E-state index is 14.8. The molecule has 216 valence electrons. The van der Waals surface area contributed by atoms with Gasteiger partial charge in [-0.2, -0.15) is 18.3 Å². The van der Waals surface area contributed by atoms with Gasteiger partial charge in [-0.3, -0.25) is 14.3 Å². The van der Waals surface area contributed by atoms with Gasteiger partial charge in [0.15, 0.2) is 0 Å². The molecule has 0 saturated heterocycles. The van der Waals surface area contributed by atoms with Gasteiger partial charge in [-0.25, -0.2) is 12.8 Å². The Balaban J connectivity index is 1.39. The lowest BCUT2D eigenvalue weighted by Crippen LogP contribution is -2.47. The normalized spacial score (nSPS) is 21.6. The number of fused-ring (bicyclic) bond motifs is 2. The van der Waals surface area contributed by atoms with E-state index in [1.807, 2.05) is 12.2 Å². The summed E-state index contributed by atoms with van der Waals surface area (Å²) >= 11 is 0. The summed E-state index contributed by atoms with van der Waals surface area (Å²) in [6, 6.07) is 5.62. The molecule has 1 fully saturated rings. The van der Waals surface area contributed by atoms with Crippen molar-refractivity contribution in [2.45, 2.75) is 22.9 Å². The van der Waals surface area contributed by atoms with Crippen molar-refractivity contribution in [3.63, 3.8) is 0 Å². The highest BCUT2D eigenvalue weighted by Gasteiger charge is 2.49. The van der Waals surface area contributed by atoms with Crippen molar-refractivity contribution in [2.24, 2.45) is 24.8 Å². The number of ether oxygens (including phenoxy) is 1. The Morgan fingerprint density at radius 3 is 2.51 bits per heavy atom. The number of halogens is 4. The molecule has 41 heavy (non-hydrogen) atoms. The summed E-state index contributed by atoms with van der Waals surface area (Å²) in [6.45, 7) is 0. The first kappa shape index (κ1) is 28.3. The van der Waals surface area contributed by atoms with Gasteiger partial charge in [-0.1, -0.05) is 18.2 Å². The van der Waals surface area contributed by atoms with Gasteiger partial charge in [0.25, 0.3) is 15.7 Å². The van der Waals surface area contributed by atoms with Crippen LogP contribution in [-0.2, 0) is 21.7 Å². The average Bonchev–Trinajstić information content (AvgIpc) is 3.64. The van der Waals surface area contributed by atoms with Gasteiger partial charge in [-0.15, -0.1) is 0 Å². The predicted molar refractivity (Wildman–Crippen MR) is 139 cm³/mol. The molecule has 1 saturated carbocycles. The molecular weight excluding hydrogens is 568 g/mol. The van der Waals surface area contributed by atoms with E-state index in [2.05, 4.69) is 15.7 Å². The van der Waals surface area contributed by atoms with E-state index in [4.69, 9.17) is 4.74 Å². The Kier molecular flexibility index (Phi) is 7.14. The third kappa shape index (κ3) is 5.19.